The minimum atomic E-state index is 0.572. The molecule has 6 heteroatoms. The van der Waals surface area contributed by atoms with Gasteiger partial charge in [-0.2, -0.15) is 5.10 Å². The van der Waals surface area contributed by atoms with Crippen LogP contribution in [0.3, 0.4) is 0 Å². The third-order valence-corrected chi connectivity index (χ3v) is 4.04. The van der Waals surface area contributed by atoms with Crippen LogP contribution in [-0.4, -0.2) is 26.0 Å². The van der Waals surface area contributed by atoms with Crippen molar-refractivity contribution in [1.82, 2.24) is 19.7 Å². The smallest absolute Gasteiger partial charge is 0.227 e. The van der Waals surface area contributed by atoms with Gasteiger partial charge in [0.1, 0.15) is 0 Å². The highest BCUT2D eigenvalue weighted by Gasteiger charge is 2.07. The van der Waals surface area contributed by atoms with E-state index in [0.717, 1.165) is 22.5 Å². The van der Waals surface area contributed by atoms with Crippen molar-refractivity contribution in [2.24, 2.45) is 7.05 Å². The minimum absolute atomic E-state index is 0.572. The Balaban J connectivity index is 1.91. The molecule has 0 aliphatic rings. The molecule has 2 heterocycles. The molecule has 0 saturated heterocycles. The summed E-state index contributed by atoms with van der Waals surface area (Å²) in [5, 5.41) is 7.30. The van der Waals surface area contributed by atoms with E-state index in [-0.39, 0.29) is 0 Å². The Hall–Kier alpha value is -2.34. The molecule has 0 unspecified atom stereocenters. The van der Waals surface area contributed by atoms with Gasteiger partial charge in [0, 0.05) is 29.9 Å². The monoisotopic (exact) mass is 311 g/mol. The first kappa shape index (κ1) is 14.6. The number of thioether (sulfide) groups is 1. The molecule has 2 aromatic heterocycles. The van der Waals surface area contributed by atoms with Crippen molar-refractivity contribution >= 4 is 23.4 Å². The normalized spacial score (nSPS) is 10.7. The van der Waals surface area contributed by atoms with Crippen molar-refractivity contribution in [3.63, 3.8) is 0 Å². The lowest BCUT2D eigenvalue weighted by atomic mass is 10.1. The van der Waals surface area contributed by atoms with E-state index in [1.54, 1.807) is 22.6 Å². The number of aryl methyl sites for hydroxylation is 2. The zero-order valence-electron chi connectivity index (χ0n) is 12.7. The zero-order chi connectivity index (χ0) is 15.5. The van der Waals surface area contributed by atoms with Gasteiger partial charge in [0.2, 0.25) is 5.95 Å². The van der Waals surface area contributed by atoms with Crippen molar-refractivity contribution in [2.75, 3.05) is 11.6 Å². The molecule has 0 spiro atoms. The molecule has 0 saturated carbocycles. The molecule has 112 valence electrons. The summed E-state index contributed by atoms with van der Waals surface area (Å²) >= 11 is 1.73. The maximum atomic E-state index is 4.64. The quantitative estimate of drug-likeness (QED) is 0.745. The van der Waals surface area contributed by atoms with E-state index in [9.17, 15) is 0 Å². The number of aromatic nitrogens is 4. The SMILES string of the molecule is CSc1ccc(-c2nc(Nc3cnn(C)c3)ncc2C)cc1. The van der Waals surface area contributed by atoms with Crippen LogP contribution in [0.15, 0.2) is 47.8 Å². The van der Waals surface area contributed by atoms with E-state index in [4.69, 9.17) is 0 Å². The molecule has 0 aliphatic carbocycles. The summed E-state index contributed by atoms with van der Waals surface area (Å²) in [7, 11) is 1.87. The van der Waals surface area contributed by atoms with Gasteiger partial charge in [-0.05, 0) is 30.9 Å². The van der Waals surface area contributed by atoms with E-state index < -0.39 is 0 Å². The first-order chi connectivity index (χ1) is 10.7. The van der Waals surface area contributed by atoms with Gasteiger partial charge in [0.05, 0.1) is 17.6 Å². The van der Waals surface area contributed by atoms with Gasteiger partial charge in [0.15, 0.2) is 0 Å². The maximum absolute atomic E-state index is 4.64. The molecule has 0 bridgehead atoms. The third kappa shape index (κ3) is 3.12. The van der Waals surface area contributed by atoms with Crippen molar-refractivity contribution < 1.29 is 0 Å². The molecule has 0 fully saturated rings. The fourth-order valence-electron chi connectivity index (χ4n) is 2.16. The minimum Gasteiger partial charge on any atom is -0.321 e. The number of rotatable bonds is 4. The molecule has 0 aliphatic heterocycles. The second-order valence-corrected chi connectivity index (χ2v) is 5.86. The molecule has 3 aromatic rings. The van der Waals surface area contributed by atoms with E-state index >= 15 is 0 Å². The number of anilines is 2. The van der Waals surface area contributed by atoms with Gasteiger partial charge in [-0.1, -0.05) is 12.1 Å². The Morgan fingerprint density at radius 1 is 1.14 bits per heavy atom. The first-order valence-electron chi connectivity index (χ1n) is 6.89. The lowest BCUT2D eigenvalue weighted by molar-refractivity contribution is 0.768. The van der Waals surface area contributed by atoms with Crippen LogP contribution in [0, 0.1) is 6.92 Å². The predicted octanol–water partition coefficient (Wildman–Crippen LogP) is 3.65. The summed E-state index contributed by atoms with van der Waals surface area (Å²) in [6.07, 6.45) is 7.54. The van der Waals surface area contributed by atoms with Crippen LogP contribution in [0.4, 0.5) is 11.6 Å². The van der Waals surface area contributed by atoms with Gasteiger partial charge in [-0.15, -0.1) is 11.8 Å². The number of benzene rings is 1. The van der Waals surface area contributed by atoms with Crippen LogP contribution in [0.25, 0.3) is 11.3 Å². The van der Waals surface area contributed by atoms with Gasteiger partial charge in [-0.3, -0.25) is 4.68 Å². The second kappa shape index (κ2) is 6.19. The Morgan fingerprint density at radius 3 is 2.55 bits per heavy atom. The van der Waals surface area contributed by atoms with Crippen molar-refractivity contribution in [3.05, 3.63) is 48.4 Å². The summed E-state index contributed by atoms with van der Waals surface area (Å²) in [5.41, 5.74) is 3.95. The Morgan fingerprint density at radius 2 is 1.91 bits per heavy atom. The van der Waals surface area contributed by atoms with Crippen molar-refractivity contribution in [2.45, 2.75) is 11.8 Å². The highest BCUT2D eigenvalue weighted by molar-refractivity contribution is 7.98. The average Bonchev–Trinajstić information content (AvgIpc) is 2.94. The summed E-state index contributed by atoms with van der Waals surface area (Å²) in [4.78, 5) is 10.2. The molecule has 22 heavy (non-hydrogen) atoms. The molecular formula is C16H17N5S. The Bertz CT molecular complexity index is 779. The van der Waals surface area contributed by atoms with Crippen LogP contribution >= 0.6 is 11.8 Å². The summed E-state index contributed by atoms with van der Waals surface area (Å²) in [6, 6.07) is 8.40. The first-order valence-corrected chi connectivity index (χ1v) is 8.12. The van der Waals surface area contributed by atoms with Crippen molar-refractivity contribution in [3.8, 4) is 11.3 Å². The lowest BCUT2D eigenvalue weighted by Gasteiger charge is -2.08. The average molecular weight is 311 g/mol. The number of nitrogens with zero attached hydrogens (tertiary/aromatic N) is 4. The van der Waals surface area contributed by atoms with Gasteiger partial charge < -0.3 is 5.32 Å². The molecule has 0 amide bonds. The van der Waals surface area contributed by atoms with E-state index in [1.165, 1.54) is 4.90 Å². The molecule has 5 nitrogen and oxygen atoms in total. The van der Waals surface area contributed by atoms with Crippen LogP contribution in [-0.2, 0) is 7.05 Å². The highest BCUT2D eigenvalue weighted by atomic mass is 32.2. The van der Waals surface area contributed by atoms with Crippen LogP contribution < -0.4 is 5.32 Å². The van der Waals surface area contributed by atoms with Gasteiger partial charge >= 0.3 is 0 Å². The van der Waals surface area contributed by atoms with Crippen LogP contribution in [0.1, 0.15) is 5.56 Å². The third-order valence-electron chi connectivity index (χ3n) is 3.30. The van der Waals surface area contributed by atoms with Gasteiger partial charge in [-0.25, -0.2) is 9.97 Å². The summed E-state index contributed by atoms with van der Waals surface area (Å²) < 4.78 is 1.73. The molecule has 1 N–H and O–H groups in total. The van der Waals surface area contributed by atoms with Crippen LogP contribution in [0.2, 0.25) is 0 Å². The van der Waals surface area contributed by atoms with Crippen LogP contribution in [0.5, 0.6) is 0 Å². The molecule has 0 radical (unpaired) electrons. The number of hydrogen-bond donors (Lipinski definition) is 1. The van der Waals surface area contributed by atoms with Gasteiger partial charge in [0.25, 0.3) is 0 Å². The maximum Gasteiger partial charge on any atom is 0.227 e. The number of nitrogens with one attached hydrogen (secondary N) is 1. The fraction of sp³-hybridized carbons (Fsp3) is 0.188. The van der Waals surface area contributed by atoms with E-state index in [2.05, 4.69) is 50.9 Å². The summed E-state index contributed by atoms with van der Waals surface area (Å²) in [6.45, 7) is 2.02. The lowest BCUT2D eigenvalue weighted by Crippen LogP contribution is -1.99. The summed E-state index contributed by atoms with van der Waals surface area (Å²) in [5.74, 6) is 0.572. The molecular weight excluding hydrogens is 294 g/mol. The molecule has 0 atom stereocenters. The molecule has 1 aromatic carbocycles. The second-order valence-electron chi connectivity index (χ2n) is 4.98. The largest absolute Gasteiger partial charge is 0.321 e. The zero-order valence-corrected chi connectivity index (χ0v) is 13.6. The molecule has 3 rings (SSSR count). The standard InChI is InChI=1S/C16H17N5S/c1-11-8-17-16(19-13-9-18-21(2)10-13)20-15(11)12-4-6-14(22-3)7-5-12/h4-10H,1-3H3,(H,17,19,20). The van der Waals surface area contributed by atoms with Crippen molar-refractivity contribution in [1.29, 1.82) is 0 Å². The Kier molecular flexibility index (Phi) is 4.11. The van der Waals surface area contributed by atoms with E-state index in [0.29, 0.717) is 5.95 Å². The Labute approximate surface area is 133 Å². The number of hydrogen-bond acceptors (Lipinski definition) is 5. The predicted molar refractivity (Wildman–Crippen MR) is 90.5 cm³/mol. The highest BCUT2D eigenvalue weighted by Crippen LogP contribution is 2.25. The fourth-order valence-corrected chi connectivity index (χ4v) is 2.57. The topological polar surface area (TPSA) is 55.6 Å². The van der Waals surface area contributed by atoms with E-state index in [1.807, 2.05) is 26.4 Å².